The summed E-state index contributed by atoms with van der Waals surface area (Å²) in [5.74, 6) is 0.330. The van der Waals surface area contributed by atoms with Crippen molar-refractivity contribution < 1.29 is 9.53 Å². The van der Waals surface area contributed by atoms with Gasteiger partial charge in [0.2, 0.25) is 0 Å². The average Bonchev–Trinajstić information content (AvgIpc) is 3.21. The first-order valence-corrected chi connectivity index (χ1v) is 6.80. The van der Waals surface area contributed by atoms with E-state index >= 15 is 0 Å². The number of carbonyl (C=O) groups excluding carboxylic acids is 1. The highest BCUT2D eigenvalue weighted by molar-refractivity contribution is 6.30. The standard InChI is InChI=1S/C15H18ClNO2/c1-15(14(18)19-2,9-11-3-4-11)17-10-12-5-7-13(16)8-6-12/h5-8,10-11H,3-4,9H2,1-2H3. The van der Waals surface area contributed by atoms with Crippen molar-refractivity contribution in [2.75, 3.05) is 7.11 Å². The number of nitrogens with zero attached hydrogens (tertiary/aromatic N) is 1. The van der Waals surface area contributed by atoms with Crippen LogP contribution in [0.4, 0.5) is 0 Å². The summed E-state index contributed by atoms with van der Waals surface area (Å²) in [6, 6.07) is 7.36. The number of esters is 1. The van der Waals surface area contributed by atoms with E-state index in [9.17, 15) is 4.79 Å². The van der Waals surface area contributed by atoms with Crippen LogP contribution in [-0.2, 0) is 9.53 Å². The van der Waals surface area contributed by atoms with E-state index in [4.69, 9.17) is 16.3 Å². The Labute approximate surface area is 118 Å². The Balaban J connectivity index is 2.14. The molecule has 1 aliphatic carbocycles. The topological polar surface area (TPSA) is 38.7 Å². The molecule has 3 nitrogen and oxygen atoms in total. The number of halogens is 1. The van der Waals surface area contributed by atoms with Crippen molar-refractivity contribution in [2.45, 2.75) is 31.7 Å². The third-order valence-electron chi connectivity index (χ3n) is 3.38. The summed E-state index contributed by atoms with van der Waals surface area (Å²) in [5.41, 5.74) is 0.144. The molecule has 0 heterocycles. The zero-order valence-corrected chi connectivity index (χ0v) is 12.0. The van der Waals surface area contributed by atoms with Crippen molar-refractivity contribution in [1.82, 2.24) is 0 Å². The number of carbonyl (C=O) groups is 1. The monoisotopic (exact) mass is 279 g/mol. The van der Waals surface area contributed by atoms with Crippen LogP contribution in [0.3, 0.4) is 0 Å². The summed E-state index contributed by atoms with van der Waals surface area (Å²) < 4.78 is 4.88. The summed E-state index contributed by atoms with van der Waals surface area (Å²) in [4.78, 5) is 16.4. The molecule has 1 unspecified atom stereocenters. The molecule has 1 aromatic rings. The molecule has 0 radical (unpaired) electrons. The first-order chi connectivity index (χ1) is 9.03. The van der Waals surface area contributed by atoms with Gasteiger partial charge < -0.3 is 4.74 Å². The minimum absolute atomic E-state index is 0.274. The number of hydrogen-bond acceptors (Lipinski definition) is 3. The van der Waals surface area contributed by atoms with Crippen LogP contribution in [0.15, 0.2) is 29.3 Å². The summed E-state index contributed by atoms with van der Waals surface area (Å²) in [6.45, 7) is 1.84. The van der Waals surface area contributed by atoms with Crippen LogP contribution in [-0.4, -0.2) is 24.8 Å². The Morgan fingerprint density at radius 3 is 2.63 bits per heavy atom. The molecule has 102 valence electrons. The van der Waals surface area contributed by atoms with E-state index in [1.165, 1.54) is 20.0 Å². The van der Waals surface area contributed by atoms with E-state index in [1.54, 1.807) is 18.3 Å². The molecule has 0 saturated heterocycles. The van der Waals surface area contributed by atoms with Crippen molar-refractivity contribution in [2.24, 2.45) is 10.9 Å². The van der Waals surface area contributed by atoms with Gasteiger partial charge >= 0.3 is 5.97 Å². The molecule has 1 fully saturated rings. The van der Waals surface area contributed by atoms with Gasteiger partial charge in [0.05, 0.1) is 7.11 Å². The molecule has 0 aliphatic heterocycles. The lowest BCUT2D eigenvalue weighted by Gasteiger charge is -2.21. The molecular formula is C15H18ClNO2. The van der Waals surface area contributed by atoms with E-state index in [1.807, 2.05) is 19.1 Å². The Morgan fingerprint density at radius 2 is 2.11 bits per heavy atom. The second-order valence-corrected chi connectivity index (χ2v) is 5.66. The minimum Gasteiger partial charge on any atom is -0.467 e. The summed E-state index contributed by atoms with van der Waals surface area (Å²) in [7, 11) is 1.41. The lowest BCUT2D eigenvalue weighted by atomic mass is 9.95. The predicted molar refractivity (Wildman–Crippen MR) is 76.8 cm³/mol. The molecule has 0 spiro atoms. The molecule has 1 aromatic carbocycles. The average molecular weight is 280 g/mol. The smallest absolute Gasteiger partial charge is 0.333 e. The first-order valence-electron chi connectivity index (χ1n) is 6.43. The normalized spacial score (nSPS) is 18.3. The Hall–Kier alpha value is -1.35. The van der Waals surface area contributed by atoms with Gasteiger partial charge in [0, 0.05) is 11.2 Å². The maximum absolute atomic E-state index is 11.9. The molecular weight excluding hydrogens is 262 g/mol. The van der Waals surface area contributed by atoms with Crippen molar-refractivity contribution >= 4 is 23.8 Å². The largest absolute Gasteiger partial charge is 0.467 e. The third-order valence-corrected chi connectivity index (χ3v) is 3.63. The van der Waals surface area contributed by atoms with E-state index in [-0.39, 0.29) is 5.97 Å². The Morgan fingerprint density at radius 1 is 1.47 bits per heavy atom. The van der Waals surface area contributed by atoms with Gasteiger partial charge in [-0.3, -0.25) is 4.99 Å². The molecule has 1 aliphatic rings. The highest BCUT2D eigenvalue weighted by atomic mass is 35.5. The number of rotatable bonds is 5. The van der Waals surface area contributed by atoms with Gasteiger partial charge in [0.15, 0.2) is 5.54 Å². The fourth-order valence-electron chi connectivity index (χ4n) is 2.06. The Kier molecular flexibility index (Phi) is 4.25. The molecule has 1 saturated carbocycles. The highest BCUT2D eigenvalue weighted by Gasteiger charge is 2.39. The number of benzene rings is 1. The van der Waals surface area contributed by atoms with Crippen molar-refractivity contribution in [3.63, 3.8) is 0 Å². The lowest BCUT2D eigenvalue weighted by Crippen LogP contribution is -2.35. The molecule has 0 amide bonds. The van der Waals surface area contributed by atoms with Crippen LogP contribution in [0.1, 0.15) is 31.7 Å². The highest BCUT2D eigenvalue weighted by Crippen LogP contribution is 2.38. The summed E-state index contributed by atoms with van der Waals surface area (Å²) in [6.07, 6.45) is 4.84. The summed E-state index contributed by atoms with van der Waals surface area (Å²) in [5, 5.41) is 0.686. The number of ether oxygens (including phenoxy) is 1. The van der Waals surface area contributed by atoms with Crippen molar-refractivity contribution in [1.29, 1.82) is 0 Å². The number of aliphatic imine (C=N–C) groups is 1. The van der Waals surface area contributed by atoms with Gasteiger partial charge in [-0.25, -0.2) is 4.79 Å². The second kappa shape index (κ2) is 5.74. The van der Waals surface area contributed by atoms with E-state index in [0.29, 0.717) is 10.9 Å². The van der Waals surface area contributed by atoms with Crippen LogP contribution < -0.4 is 0 Å². The fraction of sp³-hybridized carbons (Fsp3) is 0.467. The quantitative estimate of drug-likeness (QED) is 0.611. The predicted octanol–water partition coefficient (Wildman–Crippen LogP) is 3.49. The molecule has 1 atom stereocenters. The maximum atomic E-state index is 11.9. The zero-order valence-electron chi connectivity index (χ0n) is 11.2. The molecule has 2 rings (SSSR count). The van der Waals surface area contributed by atoms with Crippen molar-refractivity contribution in [3.8, 4) is 0 Å². The van der Waals surface area contributed by atoms with Gasteiger partial charge in [-0.05, 0) is 37.0 Å². The molecule has 0 N–H and O–H groups in total. The molecule has 0 aromatic heterocycles. The van der Waals surface area contributed by atoms with E-state index in [0.717, 1.165) is 12.0 Å². The zero-order chi connectivity index (χ0) is 13.9. The van der Waals surface area contributed by atoms with Gasteiger partial charge in [-0.15, -0.1) is 0 Å². The van der Waals surface area contributed by atoms with Crippen LogP contribution in [0.25, 0.3) is 0 Å². The van der Waals surface area contributed by atoms with E-state index < -0.39 is 5.54 Å². The summed E-state index contributed by atoms with van der Waals surface area (Å²) >= 11 is 5.83. The molecule has 19 heavy (non-hydrogen) atoms. The van der Waals surface area contributed by atoms with Gasteiger partial charge in [0.1, 0.15) is 0 Å². The SMILES string of the molecule is COC(=O)C(C)(CC1CC1)N=Cc1ccc(Cl)cc1. The Bertz CT molecular complexity index is 479. The third kappa shape index (κ3) is 3.80. The van der Waals surface area contributed by atoms with Crippen LogP contribution >= 0.6 is 11.6 Å². The first kappa shape index (κ1) is 14.1. The second-order valence-electron chi connectivity index (χ2n) is 5.22. The van der Waals surface area contributed by atoms with Crippen LogP contribution in [0.2, 0.25) is 5.02 Å². The number of hydrogen-bond donors (Lipinski definition) is 0. The lowest BCUT2D eigenvalue weighted by molar-refractivity contribution is -0.146. The van der Waals surface area contributed by atoms with Gasteiger partial charge in [-0.1, -0.05) is 36.6 Å². The maximum Gasteiger partial charge on any atom is 0.333 e. The van der Waals surface area contributed by atoms with Gasteiger partial charge in [-0.2, -0.15) is 0 Å². The van der Waals surface area contributed by atoms with E-state index in [2.05, 4.69) is 4.99 Å². The number of methoxy groups -OCH3 is 1. The van der Waals surface area contributed by atoms with Crippen LogP contribution in [0, 0.1) is 5.92 Å². The molecule has 0 bridgehead atoms. The van der Waals surface area contributed by atoms with Crippen LogP contribution in [0.5, 0.6) is 0 Å². The molecule has 4 heteroatoms. The fourth-order valence-corrected chi connectivity index (χ4v) is 2.18. The minimum atomic E-state index is -0.782. The van der Waals surface area contributed by atoms with Crippen molar-refractivity contribution in [3.05, 3.63) is 34.9 Å². The van der Waals surface area contributed by atoms with Gasteiger partial charge in [0.25, 0.3) is 0 Å².